The summed E-state index contributed by atoms with van der Waals surface area (Å²) in [4.78, 5) is 27.4. The Morgan fingerprint density at radius 2 is 2.08 bits per heavy atom. The van der Waals surface area contributed by atoms with Crippen LogP contribution < -0.4 is 4.74 Å². The number of ether oxygens (including phenoxy) is 1. The predicted octanol–water partition coefficient (Wildman–Crippen LogP) is 3.54. The third-order valence-electron chi connectivity index (χ3n) is 4.29. The number of aromatic nitrogens is 3. The quantitative estimate of drug-likeness (QED) is 0.716. The summed E-state index contributed by atoms with van der Waals surface area (Å²) in [6.45, 7) is 2.37. The molecule has 1 fully saturated rings. The van der Waals surface area contributed by atoms with Gasteiger partial charge in [-0.05, 0) is 25.0 Å². The minimum absolute atomic E-state index is 0.147. The summed E-state index contributed by atoms with van der Waals surface area (Å²) in [5.74, 6) is 1.42. The molecular weight excluding hydrogens is 332 g/mol. The first-order valence-corrected chi connectivity index (χ1v) is 8.48. The van der Waals surface area contributed by atoms with Crippen LogP contribution in [0.15, 0.2) is 53.4 Å². The van der Waals surface area contributed by atoms with E-state index < -0.39 is 0 Å². The SMILES string of the molecule is Cc1nc(C(=O)N2CCCC2c2cncc(Oc3ccccc3)n2)co1. The van der Waals surface area contributed by atoms with E-state index in [2.05, 4.69) is 15.0 Å². The zero-order chi connectivity index (χ0) is 17.9. The number of para-hydroxylation sites is 1. The smallest absolute Gasteiger partial charge is 0.276 e. The van der Waals surface area contributed by atoms with Crippen LogP contribution in [0.1, 0.15) is 41.0 Å². The lowest BCUT2D eigenvalue weighted by Gasteiger charge is -2.23. The van der Waals surface area contributed by atoms with Crippen LogP contribution in [0, 0.1) is 6.92 Å². The fraction of sp³-hybridized carbons (Fsp3) is 0.263. The molecule has 1 aliphatic heterocycles. The maximum Gasteiger partial charge on any atom is 0.276 e. The molecule has 0 N–H and O–H groups in total. The molecule has 1 aromatic carbocycles. The van der Waals surface area contributed by atoms with Gasteiger partial charge >= 0.3 is 0 Å². The molecule has 0 spiro atoms. The molecule has 132 valence electrons. The van der Waals surface area contributed by atoms with Crippen LogP contribution in [-0.2, 0) is 0 Å². The topological polar surface area (TPSA) is 81.4 Å². The number of nitrogens with zero attached hydrogens (tertiary/aromatic N) is 4. The third-order valence-corrected chi connectivity index (χ3v) is 4.29. The Bertz CT molecular complexity index is 910. The van der Waals surface area contributed by atoms with Gasteiger partial charge in [0.15, 0.2) is 11.6 Å². The first kappa shape index (κ1) is 16.3. The van der Waals surface area contributed by atoms with Crippen LogP contribution in [0.2, 0.25) is 0 Å². The van der Waals surface area contributed by atoms with Crippen molar-refractivity contribution in [3.05, 3.63) is 66.3 Å². The van der Waals surface area contributed by atoms with E-state index in [-0.39, 0.29) is 11.9 Å². The number of oxazole rings is 1. The van der Waals surface area contributed by atoms with E-state index in [1.165, 1.54) is 6.26 Å². The van der Waals surface area contributed by atoms with Crippen LogP contribution in [0.25, 0.3) is 0 Å². The number of hydrogen-bond donors (Lipinski definition) is 0. The summed E-state index contributed by atoms with van der Waals surface area (Å²) in [6.07, 6.45) is 6.37. The van der Waals surface area contributed by atoms with Gasteiger partial charge in [0.05, 0.1) is 24.1 Å². The van der Waals surface area contributed by atoms with Crippen LogP contribution in [0.5, 0.6) is 11.6 Å². The third kappa shape index (κ3) is 3.28. The number of carbonyl (C=O) groups excluding carboxylic acids is 1. The molecule has 0 radical (unpaired) electrons. The summed E-state index contributed by atoms with van der Waals surface area (Å²) < 4.78 is 10.9. The molecule has 7 nitrogen and oxygen atoms in total. The van der Waals surface area contributed by atoms with Gasteiger partial charge in [0, 0.05) is 13.5 Å². The second-order valence-corrected chi connectivity index (χ2v) is 6.11. The highest BCUT2D eigenvalue weighted by Crippen LogP contribution is 2.32. The second-order valence-electron chi connectivity index (χ2n) is 6.11. The average Bonchev–Trinajstić information content (AvgIpc) is 3.31. The summed E-state index contributed by atoms with van der Waals surface area (Å²) in [7, 11) is 0. The highest BCUT2D eigenvalue weighted by atomic mass is 16.5. The van der Waals surface area contributed by atoms with E-state index in [9.17, 15) is 4.79 Å². The van der Waals surface area contributed by atoms with Crippen LogP contribution >= 0.6 is 0 Å². The molecule has 7 heteroatoms. The Kier molecular flexibility index (Phi) is 4.35. The fourth-order valence-electron chi connectivity index (χ4n) is 3.11. The van der Waals surface area contributed by atoms with Gasteiger partial charge in [-0.3, -0.25) is 9.78 Å². The summed E-state index contributed by atoms with van der Waals surface area (Å²) in [5.41, 5.74) is 1.03. The Morgan fingerprint density at radius 1 is 1.23 bits per heavy atom. The van der Waals surface area contributed by atoms with Crippen molar-refractivity contribution < 1.29 is 13.9 Å². The van der Waals surface area contributed by atoms with Crippen LogP contribution in [0.3, 0.4) is 0 Å². The largest absolute Gasteiger partial charge is 0.448 e. The highest BCUT2D eigenvalue weighted by Gasteiger charge is 2.33. The first-order chi connectivity index (χ1) is 12.7. The second kappa shape index (κ2) is 6.95. The van der Waals surface area contributed by atoms with Gasteiger partial charge in [-0.1, -0.05) is 18.2 Å². The zero-order valence-corrected chi connectivity index (χ0v) is 14.3. The number of aryl methyl sites for hydroxylation is 1. The molecule has 26 heavy (non-hydrogen) atoms. The van der Waals surface area contributed by atoms with Crippen molar-refractivity contribution >= 4 is 5.91 Å². The molecule has 1 unspecified atom stereocenters. The monoisotopic (exact) mass is 350 g/mol. The van der Waals surface area contributed by atoms with Gasteiger partial charge in [0.2, 0.25) is 5.88 Å². The molecule has 4 rings (SSSR count). The number of amides is 1. The number of likely N-dealkylation sites (tertiary alicyclic amines) is 1. The minimum Gasteiger partial charge on any atom is -0.448 e. The van der Waals surface area contributed by atoms with Crippen LogP contribution in [-0.4, -0.2) is 32.3 Å². The summed E-state index contributed by atoms with van der Waals surface area (Å²) in [6, 6.07) is 9.27. The average molecular weight is 350 g/mol. The van der Waals surface area contributed by atoms with Gasteiger partial charge < -0.3 is 14.1 Å². The molecule has 2 aromatic heterocycles. The van der Waals surface area contributed by atoms with Crippen molar-refractivity contribution in [2.45, 2.75) is 25.8 Å². The maximum absolute atomic E-state index is 12.7. The molecular formula is C19H18N4O3. The molecule has 1 amide bonds. The van der Waals surface area contributed by atoms with Crippen LogP contribution in [0.4, 0.5) is 0 Å². The van der Waals surface area contributed by atoms with Gasteiger partial charge in [-0.15, -0.1) is 0 Å². The summed E-state index contributed by atoms with van der Waals surface area (Å²) in [5, 5.41) is 0. The zero-order valence-electron chi connectivity index (χ0n) is 14.3. The molecule has 0 saturated carbocycles. The number of hydrogen-bond acceptors (Lipinski definition) is 6. The molecule has 3 heterocycles. The lowest BCUT2D eigenvalue weighted by molar-refractivity contribution is 0.0726. The van der Waals surface area contributed by atoms with Gasteiger partial charge in [0.25, 0.3) is 5.91 Å². The normalized spacial score (nSPS) is 16.7. The maximum atomic E-state index is 12.7. The van der Waals surface area contributed by atoms with Crippen molar-refractivity contribution in [2.75, 3.05) is 6.54 Å². The molecule has 1 saturated heterocycles. The van der Waals surface area contributed by atoms with E-state index >= 15 is 0 Å². The van der Waals surface area contributed by atoms with Crippen molar-refractivity contribution in [2.24, 2.45) is 0 Å². The van der Waals surface area contributed by atoms with E-state index in [0.29, 0.717) is 35.5 Å². The lowest BCUT2D eigenvalue weighted by Crippen LogP contribution is -2.31. The number of rotatable bonds is 4. The standard InChI is InChI=1S/C19H18N4O3/c1-13-21-16(12-25-13)19(24)23-9-5-8-17(23)15-10-20-11-18(22-15)26-14-6-3-2-4-7-14/h2-4,6-7,10-12,17H,5,8-9H2,1H3. The summed E-state index contributed by atoms with van der Waals surface area (Å²) >= 11 is 0. The van der Waals surface area contributed by atoms with E-state index in [4.69, 9.17) is 9.15 Å². The van der Waals surface area contributed by atoms with Crippen molar-refractivity contribution in [3.63, 3.8) is 0 Å². The van der Waals surface area contributed by atoms with E-state index in [1.807, 2.05) is 30.3 Å². The van der Waals surface area contributed by atoms with Crippen molar-refractivity contribution in [1.82, 2.24) is 19.9 Å². The van der Waals surface area contributed by atoms with E-state index in [1.54, 1.807) is 24.2 Å². The number of carbonyl (C=O) groups is 1. The Hall–Kier alpha value is -3.22. The van der Waals surface area contributed by atoms with E-state index in [0.717, 1.165) is 12.8 Å². The van der Waals surface area contributed by atoms with Crippen molar-refractivity contribution in [1.29, 1.82) is 0 Å². The minimum atomic E-state index is -0.152. The Morgan fingerprint density at radius 3 is 2.85 bits per heavy atom. The van der Waals surface area contributed by atoms with Crippen molar-refractivity contribution in [3.8, 4) is 11.6 Å². The fourth-order valence-corrected chi connectivity index (χ4v) is 3.11. The van der Waals surface area contributed by atoms with Gasteiger partial charge in [0.1, 0.15) is 12.0 Å². The highest BCUT2D eigenvalue weighted by molar-refractivity contribution is 5.92. The number of benzene rings is 1. The Labute approximate surface area is 150 Å². The molecule has 0 bridgehead atoms. The first-order valence-electron chi connectivity index (χ1n) is 8.48. The van der Waals surface area contributed by atoms with Gasteiger partial charge in [-0.25, -0.2) is 9.97 Å². The molecule has 0 aliphatic carbocycles. The predicted molar refractivity (Wildman–Crippen MR) is 92.8 cm³/mol. The molecule has 1 aliphatic rings. The lowest BCUT2D eigenvalue weighted by atomic mass is 10.1. The van der Waals surface area contributed by atoms with Gasteiger partial charge in [-0.2, -0.15) is 0 Å². The molecule has 3 aromatic rings. The Balaban J connectivity index is 1.56. The molecule has 1 atom stereocenters.